The average Bonchev–Trinajstić information content (AvgIpc) is 2.89. The molecule has 13 heteroatoms. The highest BCUT2D eigenvalue weighted by Gasteiger charge is 2.45. The zero-order valence-electron chi connectivity index (χ0n) is 20.3. The maximum absolute atomic E-state index is 13.7. The summed E-state index contributed by atoms with van der Waals surface area (Å²) < 4.78 is 4.73. The van der Waals surface area contributed by atoms with E-state index in [1.165, 1.54) is 24.3 Å². The van der Waals surface area contributed by atoms with Crippen LogP contribution in [0.5, 0.6) is 0 Å². The number of methoxy groups -OCH3 is 1. The number of rotatable bonds is 9. The van der Waals surface area contributed by atoms with Crippen molar-refractivity contribution in [3.63, 3.8) is 0 Å². The van der Waals surface area contributed by atoms with Gasteiger partial charge in [-0.1, -0.05) is 35.9 Å². The van der Waals surface area contributed by atoms with Crippen LogP contribution >= 0.6 is 11.6 Å². The lowest BCUT2D eigenvalue weighted by Gasteiger charge is -2.40. The van der Waals surface area contributed by atoms with Crippen molar-refractivity contribution in [3.8, 4) is 0 Å². The highest BCUT2D eigenvalue weighted by Crippen LogP contribution is 2.18. The summed E-state index contributed by atoms with van der Waals surface area (Å²) in [6.07, 6.45) is 0.00466. The number of amidine groups is 1. The van der Waals surface area contributed by atoms with Gasteiger partial charge in [-0.2, -0.15) is 0 Å². The van der Waals surface area contributed by atoms with E-state index in [1.54, 1.807) is 24.3 Å². The minimum absolute atomic E-state index is 0.00466. The third kappa shape index (κ3) is 6.65. The van der Waals surface area contributed by atoms with E-state index >= 15 is 0 Å². The number of nitrogens with zero attached hydrogens (tertiary/aromatic N) is 2. The Labute approximate surface area is 222 Å². The molecule has 1 fully saturated rings. The SMILES string of the molecule is COC(=O)C1C(=O)N(CC(=O)O)CCN1C(=O)C(Cc1ccc(Cl)cc1)NC(=O)c1ccc(C(=N)N)cc1. The summed E-state index contributed by atoms with van der Waals surface area (Å²) in [7, 11) is 1.05. The Balaban J connectivity index is 1.91. The van der Waals surface area contributed by atoms with Crippen molar-refractivity contribution in [1.29, 1.82) is 5.41 Å². The normalized spacial score (nSPS) is 15.9. The molecule has 3 rings (SSSR count). The smallest absolute Gasteiger partial charge is 0.338 e. The van der Waals surface area contributed by atoms with Gasteiger partial charge in [0, 0.05) is 35.7 Å². The number of hydrogen-bond donors (Lipinski definition) is 4. The molecule has 1 aliphatic heterocycles. The molecular weight excluding hydrogens is 518 g/mol. The summed E-state index contributed by atoms with van der Waals surface area (Å²) in [5.74, 6) is -4.71. The Morgan fingerprint density at radius 3 is 2.26 bits per heavy atom. The van der Waals surface area contributed by atoms with E-state index < -0.39 is 48.3 Å². The summed E-state index contributed by atoms with van der Waals surface area (Å²) in [5.41, 5.74) is 6.70. The summed E-state index contributed by atoms with van der Waals surface area (Å²) >= 11 is 5.96. The van der Waals surface area contributed by atoms with Crippen molar-refractivity contribution in [2.75, 3.05) is 26.7 Å². The first kappa shape index (κ1) is 28.1. The number of piperazine rings is 1. The van der Waals surface area contributed by atoms with Gasteiger partial charge in [0.25, 0.3) is 11.8 Å². The van der Waals surface area contributed by atoms with Crippen molar-refractivity contribution in [2.45, 2.75) is 18.5 Å². The molecule has 38 heavy (non-hydrogen) atoms. The first-order valence-corrected chi connectivity index (χ1v) is 11.8. The quantitative estimate of drug-likeness (QED) is 0.150. The molecule has 2 atom stereocenters. The zero-order valence-corrected chi connectivity index (χ0v) is 21.1. The van der Waals surface area contributed by atoms with Gasteiger partial charge in [-0.05, 0) is 29.8 Å². The van der Waals surface area contributed by atoms with Crippen molar-refractivity contribution in [3.05, 3.63) is 70.2 Å². The monoisotopic (exact) mass is 543 g/mol. The minimum atomic E-state index is -1.71. The fourth-order valence-electron chi connectivity index (χ4n) is 3.97. The van der Waals surface area contributed by atoms with E-state index in [1.807, 2.05) is 0 Å². The van der Waals surface area contributed by atoms with Crippen LogP contribution in [0.25, 0.3) is 0 Å². The second kappa shape index (κ2) is 12.2. The maximum Gasteiger partial charge on any atom is 0.338 e. The Hall–Kier alpha value is -4.45. The molecule has 0 saturated carbocycles. The highest BCUT2D eigenvalue weighted by atomic mass is 35.5. The van der Waals surface area contributed by atoms with Gasteiger partial charge < -0.3 is 30.7 Å². The molecule has 200 valence electrons. The fraction of sp³-hybridized carbons (Fsp3) is 0.280. The molecule has 2 aromatic rings. The van der Waals surface area contributed by atoms with Crippen molar-refractivity contribution in [2.24, 2.45) is 5.73 Å². The topological polar surface area (TPSA) is 183 Å². The van der Waals surface area contributed by atoms with Crippen molar-refractivity contribution < 1.29 is 33.8 Å². The molecule has 0 radical (unpaired) electrons. The number of halogens is 1. The van der Waals surface area contributed by atoms with Crippen molar-refractivity contribution >= 4 is 47.1 Å². The van der Waals surface area contributed by atoms with Gasteiger partial charge >= 0.3 is 11.9 Å². The number of aliphatic carboxylic acids is 1. The predicted molar refractivity (Wildman–Crippen MR) is 136 cm³/mol. The van der Waals surface area contributed by atoms with Crippen LogP contribution in [0, 0.1) is 5.41 Å². The molecule has 1 saturated heterocycles. The molecule has 0 spiro atoms. The standard InChI is InChI=1S/C25H26ClN5O7/c1-38-25(37)20-24(36)30(13-19(32)33)10-11-31(20)23(35)18(12-14-2-8-17(26)9-3-14)29-22(34)16-6-4-15(5-7-16)21(27)28/h2-9,18,20H,10-13H2,1H3,(H3,27,28)(H,29,34)(H,32,33). The Kier molecular flexibility index (Phi) is 9.02. The maximum atomic E-state index is 13.7. The third-order valence-electron chi connectivity index (χ3n) is 5.92. The van der Waals surface area contributed by atoms with Crippen LogP contribution in [-0.4, -0.2) is 89.2 Å². The largest absolute Gasteiger partial charge is 0.480 e. The van der Waals surface area contributed by atoms with Gasteiger partial charge in [0.15, 0.2) is 0 Å². The number of hydrogen-bond acceptors (Lipinski definition) is 7. The summed E-state index contributed by atoms with van der Waals surface area (Å²) in [5, 5.41) is 19.7. The Bertz CT molecular complexity index is 1250. The second-order valence-electron chi connectivity index (χ2n) is 8.46. The number of carboxylic acid groups (broad SMARTS) is 1. The molecule has 0 aliphatic carbocycles. The lowest BCUT2D eigenvalue weighted by molar-refractivity contribution is -0.167. The van der Waals surface area contributed by atoms with Crippen LogP contribution in [0.1, 0.15) is 21.5 Å². The number of benzene rings is 2. The van der Waals surface area contributed by atoms with Gasteiger partial charge in [0.2, 0.25) is 11.9 Å². The number of carbonyl (C=O) groups is 5. The average molecular weight is 544 g/mol. The predicted octanol–water partition coefficient (Wildman–Crippen LogP) is 0.262. The molecule has 0 aromatic heterocycles. The van der Waals surface area contributed by atoms with Crippen LogP contribution in [0.2, 0.25) is 5.02 Å². The molecule has 0 bridgehead atoms. The number of esters is 1. The van der Waals surface area contributed by atoms with Crippen LogP contribution in [0.3, 0.4) is 0 Å². The fourth-order valence-corrected chi connectivity index (χ4v) is 4.10. The van der Waals surface area contributed by atoms with Crippen molar-refractivity contribution in [1.82, 2.24) is 15.1 Å². The number of nitrogens with one attached hydrogen (secondary N) is 2. The van der Waals surface area contributed by atoms with Crippen LogP contribution in [-0.2, 0) is 30.3 Å². The first-order chi connectivity index (χ1) is 18.0. The number of carboxylic acids is 1. The third-order valence-corrected chi connectivity index (χ3v) is 6.17. The van der Waals surface area contributed by atoms with Gasteiger partial charge in [-0.3, -0.25) is 24.6 Å². The highest BCUT2D eigenvalue weighted by molar-refractivity contribution is 6.30. The molecule has 3 amide bonds. The van der Waals surface area contributed by atoms with E-state index in [0.717, 1.165) is 16.9 Å². The minimum Gasteiger partial charge on any atom is -0.480 e. The summed E-state index contributed by atoms with van der Waals surface area (Å²) in [6, 6.07) is 9.53. The molecule has 2 unspecified atom stereocenters. The second-order valence-corrected chi connectivity index (χ2v) is 8.89. The van der Waals surface area contributed by atoms with Crippen LogP contribution in [0.15, 0.2) is 48.5 Å². The lowest BCUT2D eigenvalue weighted by atomic mass is 10.0. The van der Waals surface area contributed by atoms with Gasteiger partial charge in [0.05, 0.1) is 7.11 Å². The van der Waals surface area contributed by atoms with E-state index in [0.29, 0.717) is 16.1 Å². The number of ether oxygens (including phenoxy) is 1. The van der Waals surface area contributed by atoms with E-state index in [-0.39, 0.29) is 30.9 Å². The van der Waals surface area contributed by atoms with E-state index in [9.17, 15) is 24.0 Å². The van der Waals surface area contributed by atoms with Gasteiger partial charge in [-0.25, -0.2) is 4.79 Å². The molecule has 1 aliphatic rings. The molecular formula is C25H26ClN5O7. The number of nitrogen functional groups attached to an aromatic ring is 1. The molecule has 2 aromatic carbocycles. The summed E-state index contributed by atoms with van der Waals surface area (Å²) in [4.78, 5) is 65.4. The molecule has 5 N–H and O–H groups in total. The lowest BCUT2D eigenvalue weighted by Crippen LogP contribution is -2.65. The number of nitrogens with two attached hydrogens (primary N) is 1. The Morgan fingerprint density at radius 2 is 1.71 bits per heavy atom. The first-order valence-electron chi connectivity index (χ1n) is 11.4. The van der Waals surface area contributed by atoms with E-state index in [2.05, 4.69) is 5.32 Å². The van der Waals surface area contributed by atoms with Crippen LogP contribution in [0.4, 0.5) is 0 Å². The summed E-state index contributed by atoms with van der Waals surface area (Å²) in [6.45, 7) is -0.925. The number of carbonyl (C=O) groups excluding carboxylic acids is 4. The molecule has 12 nitrogen and oxygen atoms in total. The van der Waals surface area contributed by atoms with Gasteiger partial charge in [-0.15, -0.1) is 0 Å². The zero-order chi connectivity index (χ0) is 28.0. The molecule has 1 heterocycles. The van der Waals surface area contributed by atoms with Crippen LogP contribution < -0.4 is 11.1 Å². The Morgan fingerprint density at radius 1 is 1.11 bits per heavy atom. The van der Waals surface area contributed by atoms with Gasteiger partial charge in [0.1, 0.15) is 18.4 Å². The number of amides is 3. The van der Waals surface area contributed by atoms with E-state index in [4.69, 9.17) is 32.6 Å².